The van der Waals surface area contributed by atoms with E-state index in [1.54, 1.807) is 18.9 Å². The number of aliphatic hydroxyl groups is 1. The van der Waals surface area contributed by atoms with Crippen molar-refractivity contribution in [2.45, 2.75) is 36.6 Å². The average molecular weight is 349 g/mol. The molecule has 2 rings (SSSR count). The SMILES string of the molecule is COc1cc(CN2CCC(C(O)C(F)(F)F)CC2)ccc1SC. The molecule has 1 atom stereocenters. The fourth-order valence-electron chi connectivity index (χ4n) is 2.93. The molecule has 0 spiro atoms. The van der Waals surface area contributed by atoms with Crippen molar-refractivity contribution in [3.63, 3.8) is 0 Å². The highest BCUT2D eigenvalue weighted by Crippen LogP contribution is 2.33. The zero-order valence-electron chi connectivity index (χ0n) is 13.3. The molecular formula is C16H22F3NO2S. The Balaban J connectivity index is 1.92. The Morgan fingerprint density at radius 1 is 1.35 bits per heavy atom. The highest BCUT2D eigenvalue weighted by molar-refractivity contribution is 7.98. The van der Waals surface area contributed by atoms with Crippen molar-refractivity contribution in [1.82, 2.24) is 4.90 Å². The minimum atomic E-state index is -4.52. The van der Waals surface area contributed by atoms with Crippen LogP contribution in [0.2, 0.25) is 0 Å². The minimum absolute atomic E-state index is 0.362. The normalized spacial score (nSPS) is 18.9. The molecule has 130 valence electrons. The van der Waals surface area contributed by atoms with Crippen molar-refractivity contribution >= 4 is 11.8 Å². The third kappa shape index (κ3) is 4.78. The van der Waals surface area contributed by atoms with Crippen molar-refractivity contribution in [2.75, 3.05) is 26.5 Å². The van der Waals surface area contributed by atoms with Crippen molar-refractivity contribution in [3.05, 3.63) is 23.8 Å². The van der Waals surface area contributed by atoms with Crippen LogP contribution in [0.5, 0.6) is 5.75 Å². The Bertz CT molecular complexity index is 517. The molecular weight excluding hydrogens is 327 g/mol. The highest BCUT2D eigenvalue weighted by atomic mass is 32.2. The molecule has 0 radical (unpaired) electrons. The fraction of sp³-hybridized carbons (Fsp3) is 0.625. The van der Waals surface area contributed by atoms with Gasteiger partial charge in [-0.3, -0.25) is 4.90 Å². The van der Waals surface area contributed by atoms with E-state index in [1.165, 1.54) is 0 Å². The molecule has 0 aliphatic carbocycles. The van der Waals surface area contributed by atoms with E-state index in [-0.39, 0.29) is 0 Å². The van der Waals surface area contributed by atoms with Crippen LogP contribution < -0.4 is 4.74 Å². The van der Waals surface area contributed by atoms with Gasteiger partial charge in [-0.1, -0.05) is 6.07 Å². The van der Waals surface area contributed by atoms with Crippen molar-refractivity contribution < 1.29 is 23.0 Å². The first kappa shape index (κ1) is 18.4. The third-order valence-corrected chi connectivity index (χ3v) is 5.05. The molecule has 1 saturated heterocycles. The third-order valence-electron chi connectivity index (χ3n) is 4.27. The molecule has 3 nitrogen and oxygen atoms in total. The van der Waals surface area contributed by atoms with Crippen LogP contribution in [0.1, 0.15) is 18.4 Å². The largest absolute Gasteiger partial charge is 0.496 e. The maximum absolute atomic E-state index is 12.6. The second-order valence-corrected chi connectivity index (χ2v) is 6.64. The van der Waals surface area contributed by atoms with E-state index in [9.17, 15) is 18.3 Å². The van der Waals surface area contributed by atoms with Crippen LogP contribution in [0, 0.1) is 5.92 Å². The Kier molecular flexibility index (Phi) is 6.22. The molecule has 0 amide bonds. The summed E-state index contributed by atoms with van der Waals surface area (Å²) in [6.45, 7) is 1.80. The van der Waals surface area contributed by atoms with E-state index >= 15 is 0 Å². The van der Waals surface area contributed by atoms with Gasteiger partial charge in [-0.25, -0.2) is 0 Å². The Morgan fingerprint density at radius 3 is 2.52 bits per heavy atom. The summed E-state index contributed by atoms with van der Waals surface area (Å²) in [5.41, 5.74) is 1.08. The van der Waals surface area contributed by atoms with Gasteiger partial charge < -0.3 is 9.84 Å². The van der Waals surface area contributed by atoms with Crippen LogP contribution in [0.15, 0.2) is 23.1 Å². The maximum atomic E-state index is 12.6. The van der Waals surface area contributed by atoms with Crippen LogP contribution in [0.4, 0.5) is 13.2 Å². The highest BCUT2D eigenvalue weighted by Gasteiger charge is 2.44. The number of nitrogens with zero attached hydrogens (tertiary/aromatic N) is 1. The summed E-state index contributed by atoms with van der Waals surface area (Å²) in [6, 6.07) is 5.99. The van der Waals surface area contributed by atoms with Crippen molar-refractivity contribution in [1.29, 1.82) is 0 Å². The van der Waals surface area contributed by atoms with Gasteiger partial charge in [-0.05, 0) is 55.8 Å². The molecule has 1 fully saturated rings. The van der Waals surface area contributed by atoms with Crippen molar-refractivity contribution in [3.8, 4) is 5.75 Å². The summed E-state index contributed by atoms with van der Waals surface area (Å²) in [5, 5.41) is 9.35. The zero-order chi connectivity index (χ0) is 17.0. The number of alkyl halides is 3. The Hall–Kier alpha value is -0.920. The number of piperidine rings is 1. The molecule has 1 aliphatic heterocycles. The lowest BCUT2D eigenvalue weighted by Crippen LogP contribution is -2.43. The van der Waals surface area contributed by atoms with E-state index in [0.29, 0.717) is 32.5 Å². The number of halogens is 3. The summed E-state index contributed by atoms with van der Waals surface area (Å²) in [6.07, 6.45) is -4.02. The van der Waals surface area contributed by atoms with Crippen LogP contribution in [-0.2, 0) is 6.54 Å². The van der Waals surface area contributed by atoms with Crippen LogP contribution in [0.25, 0.3) is 0 Å². The number of ether oxygens (including phenoxy) is 1. The zero-order valence-corrected chi connectivity index (χ0v) is 14.1. The van der Waals surface area contributed by atoms with Gasteiger partial charge >= 0.3 is 6.18 Å². The lowest BCUT2D eigenvalue weighted by Gasteiger charge is -2.34. The second-order valence-electron chi connectivity index (χ2n) is 5.79. The fourth-order valence-corrected chi connectivity index (χ4v) is 3.48. The number of thioether (sulfide) groups is 1. The molecule has 1 heterocycles. The van der Waals surface area contributed by atoms with E-state index in [1.807, 2.05) is 24.5 Å². The molecule has 0 saturated carbocycles. The van der Waals surface area contributed by atoms with Gasteiger partial charge in [0.05, 0.1) is 7.11 Å². The number of aliphatic hydroxyl groups excluding tert-OH is 1. The summed E-state index contributed by atoms with van der Waals surface area (Å²) in [4.78, 5) is 3.18. The maximum Gasteiger partial charge on any atom is 0.414 e. The standard InChI is InChI=1S/C16H22F3NO2S/c1-22-13-9-11(3-4-14(13)23-2)10-20-7-5-12(6-8-20)15(21)16(17,18)19/h3-4,9,12,15,21H,5-8,10H2,1-2H3. The number of hydrogen-bond acceptors (Lipinski definition) is 4. The molecule has 7 heteroatoms. The van der Waals surface area contributed by atoms with Gasteiger partial charge in [0.15, 0.2) is 6.10 Å². The van der Waals surface area contributed by atoms with E-state index in [2.05, 4.69) is 4.90 Å². The summed E-state index contributed by atoms with van der Waals surface area (Å²) in [7, 11) is 1.63. The van der Waals surface area contributed by atoms with Gasteiger partial charge in [-0.2, -0.15) is 13.2 Å². The minimum Gasteiger partial charge on any atom is -0.496 e. The Morgan fingerprint density at radius 2 is 2.00 bits per heavy atom. The molecule has 1 unspecified atom stereocenters. The molecule has 1 aliphatic rings. The molecule has 0 aromatic heterocycles. The van der Waals surface area contributed by atoms with Gasteiger partial charge in [0.2, 0.25) is 0 Å². The number of hydrogen-bond donors (Lipinski definition) is 1. The summed E-state index contributed by atoms with van der Waals surface area (Å²) in [5.74, 6) is 0.122. The lowest BCUT2D eigenvalue weighted by molar-refractivity contribution is -0.223. The summed E-state index contributed by atoms with van der Waals surface area (Å²) >= 11 is 1.61. The number of benzene rings is 1. The van der Waals surface area contributed by atoms with Gasteiger partial charge in [0, 0.05) is 11.4 Å². The van der Waals surface area contributed by atoms with Gasteiger partial charge in [0.1, 0.15) is 5.75 Å². The predicted octanol–water partition coefficient (Wildman–Crippen LogP) is 3.55. The first-order chi connectivity index (χ1) is 10.8. The molecule has 1 aromatic carbocycles. The molecule has 1 N–H and O–H groups in total. The van der Waals surface area contributed by atoms with Crippen molar-refractivity contribution in [2.24, 2.45) is 5.92 Å². The van der Waals surface area contributed by atoms with Gasteiger partial charge in [0.25, 0.3) is 0 Å². The van der Waals surface area contributed by atoms with E-state index in [4.69, 9.17) is 4.74 Å². The van der Waals surface area contributed by atoms with Crippen LogP contribution in [0.3, 0.4) is 0 Å². The molecule has 23 heavy (non-hydrogen) atoms. The first-order valence-electron chi connectivity index (χ1n) is 7.53. The predicted molar refractivity (Wildman–Crippen MR) is 84.8 cm³/mol. The van der Waals surface area contributed by atoms with E-state index in [0.717, 1.165) is 16.2 Å². The topological polar surface area (TPSA) is 32.7 Å². The first-order valence-corrected chi connectivity index (χ1v) is 8.75. The Labute approximate surface area is 138 Å². The number of likely N-dealkylation sites (tertiary alicyclic amines) is 1. The van der Waals surface area contributed by atoms with Crippen LogP contribution in [-0.4, -0.2) is 48.7 Å². The number of rotatable bonds is 5. The lowest BCUT2D eigenvalue weighted by atomic mass is 9.90. The molecule has 0 bridgehead atoms. The number of methoxy groups -OCH3 is 1. The monoisotopic (exact) mass is 349 g/mol. The van der Waals surface area contributed by atoms with Gasteiger partial charge in [-0.15, -0.1) is 11.8 Å². The summed E-state index contributed by atoms with van der Waals surface area (Å²) < 4.78 is 43.0. The second kappa shape index (κ2) is 7.77. The molecule has 1 aromatic rings. The quantitative estimate of drug-likeness (QED) is 0.824. The average Bonchev–Trinajstić information content (AvgIpc) is 2.54. The van der Waals surface area contributed by atoms with E-state index < -0.39 is 18.2 Å². The van der Waals surface area contributed by atoms with Crippen LogP contribution >= 0.6 is 11.8 Å². The smallest absolute Gasteiger partial charge is 0.414 e.